The lowest BCUT2D eigenvalue weighted by Gasteiger charge is -2.10. The van der Waals surface area contributed by atoms with E-state index in [9.17, 15) is 0 Å². The third-order valence-electron chi connectivity index (χ3n) is 4.58. The first-order valence-corrected chi connectivity index (χ1v) is 7.63. The van der Waals surface area contributed by atoms with E-state index in [1.807, 2.05) is 0 Å². The van der Waals surface area contributed by atoms with Crippen LogP contribution in [0, 0.1) is 0 Å². The number of hydrogen-bond donors (Lipinski definition) is 0. The van der Waals surface area contributed by atoms with Crippen molar-refractivity contribution in [2.24, 2.45) is 0 Å². The highest BCUT2D eigenvalue weighted by atomic mass is 14.2. The van der Waals surface area contributed by atoms with Gasteiger partial charge in [-0.2, -0.15) is 0 Å². The van der Waals surface area contributed by atoms with Gasteiger partial charge in [0.25, 0.3) is 0 Å². The fraction of sp³-hybridized carbons (Fsp3) is 0. The molecule has 0 amide bonds. The molecule has 0 radical (unpaired) electrons. The molecule has 0 bridgehead atoms. The molecule has 0 atom stereocenters. The Labute approximate surface area is 129 Å². The molecule has 0 spiro atoms. The Morgan fingerprint density at radius 1 is 0.545 bits per heavy atom. The molecule has 0 heterocycles. The van der Waals surface area contributed by atoms with Gasteiger partial charge in [-0.15, -0.1) is 0 Å². The number of fused-ring (bicyclic) bond motifs is 1. The van der Waals surface area contributed by atoms with Crippen LogP contribution in [0.2, 0.25) is 0 Å². The Morgan fingerprint density at radius 3 is 2.32 bits per heavy atom. The highest BCUT2D eigenvalue weighted by Gasteiger charge is 2.12. The summed E-state index contributed by atoms with van der Waals surface area (Å²) >= 11 is 0. The summed E-state index contributed by atoms with van der Waals surface area (Å²) in [5.74, 6) is 0. The van der Waals surface area contributed by atoms with Gasteiger partial charge in [-0.05, 0) is 55.9 Å². The van der Waals surface area contributed by atoms with Gasteiger partial charge < -0.3 is 0 Å². The van der Waals surface area contributed by atoms with Crippen molar-refractivity contribution < 1.29 is 0 Å². The molecule has 0 unspecified atom stereocenters. The van der Waals surface area contributed by atoms with Crippen LogP contribution >= 0.6 is 0 Å². The second-order valence-corrected chi connectivity index (χ2v) is 5.87. The summed E-state index contributed by atoms with van der Waals surface area (Å²) in [4.78, 5) is 0. The van der Waals surface area contributed by atoms with E-state index in [2.05, 4.69) is 84.9 Å². The first-order chi connectivity index (χ1) is 10.9. The third kappa shape index (κ3) is 1.58. The molecule has 0 heteroatoms. The normalized spacial score (nSPS) is 12.4. The van der Waals surface area contributed by atoms with Gasteiger partial charge in [-0.25, -0.2) is 0 Å². The van der Waals surface area contributed by atoms with E-state index in [0.717, 1.165) is 0 Å². The highest BCUT2D eigenvalue weighted by molar-refractivity contribution is 6.08. The quantitative estimate of drug-likeness (QED) is 0.345. The molecule has 0 fully saturated rings. The fourth-order valence-corrected chi connectivity index (χ4v) is 3.57. The lowest BCUT2D eigenvalue weighted by atomic mass is 9.94. The van der Waals surface area contributed by atoms with Gasteiger partial charge in [0.05, 0.1) is 0 Å². The molecule has 22 heavy (non-hydrogen) atoms. The smallest absolute Gasteiger partial charge is 0.00384 e. The first kappa shape index (κ1) is 11.8. The lowest BCUT2D eigenvalue weighted by molar-refractivity contribution is 1.66. The van der Waals surface area contributed by atoms with E-state index < -0.39 is 0 Å². The molecule has 1 aliphatic carbocycles. The van der Waals surface area contributed by atoms with Gasteiger partial charge in [0.2, 0.25) is 0 Å². The Hall–Kier alpha value is -2.86. The molecule has 0 nitrogen and oxygen atoms in total. The van der Waals surface area contributed by atoms with Crippen molar-refractivity contribution in [1.82, 2.24) is 0 Å². The summed E-state index contributed by atoms with van der Waals surface area (Å²) < 4.78 is 0. The molecule has 1 aliphatic rings. The predicted octanol–water partition coefficient (Wildman–Crippen LogP) is 6.14. The highest BCUT2D eigenvalue weighted by Crippen LogP contribution is 2.37. The molecule has 102 valence electrons. The van der Waals surface area contributed by atoms with Crippen molar-refractivity contribution >= 4 is 33.7 Å². The molecular weight excluding hydrogens is 264 g/mol. The molecule has 0 aliphatic heterocycles. The third-order valence-corrected chi connectivity index (χ3v) is 4.58. The van der Waals surface area contributed by atoms with Gasteiger partial charge in [0.15, 0.2) is 0 Å². The standard InChI is InChI=1S/C22H14/c1-2-9-20-15(5-1)6-4-10-21(20)19-13-17-8-3-7-16-11-12-18(14-19)22(16)17/h1-14H. The summed E-state index contributed by atoms with van der Waals surface area (Å²) in [6, 6.07) is 26.3. The Balaban J connectivity index is 1.87. The Morgan fingerprint density at radius 2 is 1.32 bits per heavy atom. The topological polar surface area (TPSA) is 0 Å². The molecule has 4 aromatic carbocycles. The zero-order valence-electron chi connectivity index (χ0n) is 12.1. The van der Waals surface area contributed by atoms with Crippen LogP contribution in [-0.2, 0) is 0 Å². The van der Waals surface area contributed by atoms with Crippen molar-refractivity contribution in [2.75, 3.05) is 0 Å². The summed E-state index contributed by atoms with van der Waals surface area (Å²) in [5, 5.41) is 5.31. The van der Waals surface area contributed by atoms with E-state index in [1.165, 1.54) is 43.8 Å². The van der Waals surface area contributed by atoms with Crippen molar-refractivity contribution in [3.63, 3.8) is 0 Å². The van der Waals surface area contributed by atoms with Crippen molar-refractivity contribution in [2.45, 2.75) is 0 Å². The zero-order valence-corrected chi connectivity index (χ0v) is 12.1. The van der Waals surface area contributed by atoms with E-state index in [1.54, 1.807) is 0 Å². The van der Waals surface area contributed by atoms with E-state index in [-0.39, 0.29) is 0 Å². The average Bonchev–Trinajstić information content (AvgIpc) is 2.99. The maximum atomic E-state index is 2.32. The van der Waals surface area contributed by atoms with E-state index in [4.69, 9.17) is 0 Å². The summed E-state index contributed by atoms with van der Waals surface area (Å²) in [6.07, 6.45) is 4.44. The van der Waals surface area contributed by atoms with Crippen molar-refractivity contribution in [3.8, 4) is 11.1 Å². The van der Waals surface area contributed by atoms with Gasteiger partial charge in [0.1, 0.15) is 0 Å². The first-order valence-electron chi connectivity index (χ1n) is 7.63. The molecule has 0 aromatic heterocycles. The van der Waals surface area contributed by atoms with Gasteiger partial charge in [-0.3, -0.25) is 0 Å². The zero-order chi connectivity index (χ0) is 14.5. The average molecular weight is 278 g/mol. The van der Waals surface area contributed by atoms with Gasteiger partial charge >= 0.3 is 0 Å². The predicted molar refractivity (Wildman–Crippen MR) is 95.8 cm³/mol. The van der Waals surface area contributed by atoms with Crippen molar-refractivity contribution in [3.05, 3.63) is 83.9 Å². The van der Waals surface area contributed by atoms with E-state index >= 15 is 0 Å². The van der Waals surface area contributed by atoms with Crippen LogP contribution in [-0.4, -0.2) is 0 Å². The van der Waals surface area contributed by atoms with Crippen molar-refractivity contribution in [1.29, 1.82) is 0 Å². The number of benzene rings is 4. The van der Waals surface area contributed by atoms with Crippen LogP contribution in [0.5, 0.6) is 0 Å². The van der Waals surface area contributed by atoms with Crippen LogP contribution < -0.4 is 0 Å². The maximum absolute atomic E-state index is 2.32. The SMILES string of the molecule is C1=Cc2cc(-c3cccc4ccccc34)cc3cccc1c23. The molecule has 5 rings (SSSR count). The molecule has 4 aromatic rings. The van der Waals surface area contributed by atoms with E-state index in [0.29, 0.717) is 0 Å². The maximum Gasteiger partial charge on any atom is -0.00384 e. The Bertz CT molecular complexity index is 1060. The monoisotopic (exact) mass is 278 g/mol. The Kier molecular flexibility index (Phi) is 2.31. The summed E-state index contributed by atoms with van der Waals surface area (Å²) in [7, 11) is 0. The van der Waals surface area contributed by atoms with Gasteiger partial charge in [0, 0.05) is 0 Å². The molecule has 0 saturated carbocycles. The van der Waals surface area contributed by atoms with Crippen LogP contribution in [0.4, 0.5) is 0 Å². The second-order valence-electron chi connectivity index (χ2n) is 5.87. The minimum Gasteiger partial charge on any atom is -0.0616 e. The molecular formula is C22H14. The number of rotatable bonds is 1. The minimum atomic E-state index is 1.29. The molecule has 0 N–H and O–H groups in total. The summed E-state index contributed by atoms with van der Waals surface area (Å²) in [5.41, 5.74) is 5.26. The fourth-order valence-electron chi connectivity index (χ4n) is 3.57. The molecule has 0 saturated heterocycles. The number of hydrogen-bond acceptors (Lipinski definition) is 0. The van der Waals surface area contributed by atoms with Crippen LogP contribution in [0.25, 0.3) is 44.8 Å². The van der Waals surface area contributed by atoms with Gasteiger partial charge in [-0.1, -0.05) is 72.8 Å². The largest absolute Gasteiger partial charge is 0.0616 e. The second kappa shape index (κ2) is 4.32. The van der Waals surface area contributed by atoms with Crippen LogP contribution in [0.15, 0.2) is 72.8 Å². The lowest BCUT2D eigenvalue weighted by Crippen LogP contribution is -1.85. The van der Waals surface area contributed by atoms with Crippen LogP contribution in [0.1, 0.15) is 11.1 Å². The summed E-state index contributed by atoms with van der Waals surface area (Å²) in [6.45, 7) is 0. The van der Waals surface area contributed by atoms with Crippen LogP contribution in [0.3, 0.4) is 0 Å². The minimum absolute atomic E-state index is 1.29.